The molecular weight excluding hydrogens is 266 g/mol. The Bertz CT molecular complexity index is 456. The van der Waals surface area contributed by atoms with Gasteiger partial charge in [-0.1, -0.05) is 0 Å². The molecule has 0 saturated carbocycles. The van der Waals surface area contributed by atoms with E-state index in [0.29, 0.717) is 11.9 Å². The van der Waals surface area contributed by atoms with Gasteiger partial charge in [-0.15, -0.1) is 0 Å². The first-order chi connectivity index (χ1) is 8.93. The minimum absolute atomic E-state index is 0.157. The molecule has 106 valence electrons. The number of anilines is 2. The Morgan fingerprint density at radius 1 is 1.32 bits per heavy atom. The van der Waals surface area contributed by atoms with Crippen LogP contribution in [0.3, 0.4) is 0 Å². The van der Waals surface area contributed by atoms with Gasteiger partial charge in [0.15, 0.2) is 0 Å². The van der Waals surface area contributed by atoms with Crippen LogP contribution in [0.4, 0.5) is 11.9 Å². The molecule has 0 amide bonds. The van der Waals surface area contributed by atoms with Crippen molar-refractivity contribution in [3.05, 3.63) is 5.28 Å². The van der Waals surface area contributed by atoms with Crippen LogP contribution >= 0.6 is 11.6 Å². The second kappa shape index (κ2) is 5.46. The maximum atomic E-state index is 5.97. The van der Waals surface area contributed by atoms with Crippen LogP contribution in [0, 0.1) is 0 Å². The summed E-state index contributed by atoms with van der Waals surface area (Å²) < 4.78 is 5.58. The van der Waals surface area contributed by atoms with E-state index in [1.54, 1.807) is 7.11 Å². The van der Waals surface area contributed by atoms with Crippen LogP contribution in [0.25, 0.3) is 0 Å². The van der Waals surface area contributed by atoms with Crippen molar-refractivity contribution in [2.45, 2.75) is 25.4 Å². The molecule has 2 rings (SSSR count). The lowest BCUT2D eigenvalue weighted by atomic mass is 9.95. The summed E-state index contributed by atoms with van der Waals surface area (Å²) >= 11 is 5.97. The van der Waals surface area contributed by atoms with E-state index in [2.05, 4.69) is 26.8 Å². The van der Waals surface area contributed by atoms with Gasteiger partial charge < -0.3 is 14.5 Å². The maximum Gasteiger partial charge on any atom is 0.231 e. The smallest absolute Gasteiger partial charge is 0.231 e. The van der Waals surface area contributed by atoms with Crippen LogP contribution in [0.2, 0.25) is 5.28 Å². The molecule has 7 heteroatoms. The fourth-order valence-electron chi connectivity index (χ4n) is 2.21. The number of hydrogen-bond acceptors (Lipinski definition) is 6. The van der Waals surface area contributed by atoms with E-state index >= 15 is 0 Å². The average Bonchev–Trinajstić information content (AvgIpc) is 2.38. The molecule has 0 aliphatic carbocycles. The van der Waals surface area contributed by atoms with Crippen molar-refractivity contribution in [1.82, 2.24) is 15.0 Å². The van der Waals surface area contributed by atoms with Crippen LogP contribution in [0.15, 0.2) is 0 Å². The van der Waals surface area contributed by atoms with Gasteiger partial charge in [-0.05, 0) is 31.4 Å². The Morgan fingerprint density at radius 3 is 2.68 bits per heavy atom. The molecule has 0 spiro atoms. The van der Waals surface area contributed by atoms with Crippen LogP contribution in [0.1, 0.15) is 19.8 Å². The van der Waals surface area contributed by atoms with Gasteiger partial charge in [0.1, 0.15) is 0 Å². The lowest BCUT2D eigenvalue weighted by molar-refractivity contribution is -0.00499. The maximum absolute atomic E-state index is 5.97. The van der Waals surface area contributed by atoms with Gasteiger partial charge in [0.05, 0.1) is 5.60 Å². The summed E-state index contributed by atoms with van der Waals surface area (Å²) in [5, 5.41) is 0.221. The first-order valence-corrected chi connectivity index (χ1v) is 6.70. The van der Waals surface area contributed by atoms with E-state index in [0.717, 1.165) is 25.9 Å². The van der Waals surface area contributed by atoms with Crippen molar-refractivity contribution in [2.75, 3.05) is 44.1 Å². The highest BCUT2D eigenvalue weighted by Crippen LogP contribution is 2.27. The zero-order valence-corrected chi connectivity index (χ0v) is 12.6. The summed E-state index contributed by atoms with van der Waals surface area (Å²) in [6.07, 6.45) is 2.09. The molecule has 19 heavy (non-hydrogen) atoms. The average molecular weight is 286 g/mol. The zero-order valence-electron chi connectivity index (χ0n) is 11.9. The lowest BCUT2D eigenvalue weighted by Gasteiger charge is -2.39. The van der Waals surface area contributed by atoms with Crippen molar-refractivity contribution in [3.63, 3.8) is 0 Å². The first-order valence-electron chi connectivity index (χ1n) is 6.32. The van der Waals surface area contributed by atoms with Crippen LogP contribution < -0.4 is 9.80 Å². The molecule has 0 aromatic carbocycles. The Hall–Kier alpha value is -1.14. The normalized spacial score (nSPS) is 23.5. The molecule has 6 nitrogen and oxygen atoms in total. The fourth-order valence-corrected chi connectivity index (χ4v) is 2.37. The van der Waals surface area contributed by atoms with Crippen molar-refractivity contribution in [1.29, 1.82) is 0 Å². The molecule has 0 N–H and O–H groups in total. The second-order valence-corrected chi connectivity index (χ2v) is 5.62. The van der Waals surface area contributed by atoms with E-state index in [-0.39, 0.29) is 10.9 Å². The highest BCUT2D eigenvalue weighted by atomic mass is 35.5. The molecule has 1 fully saturated rings. The Morgan fingerprint density at radius 2 is 2.05 bits per heavy atom. The third kappa shape index (κ3) is 3.25. The molecular formula is C12H20ClN5O. The highest BCUT2D eigenvalue weighted by Gasteiger charge is 2.32. The molecule has 1 aromatic heterocycles. The number of rotatable bonds is 3. The predicted molar refractivity (Wildman–Crippen MR) is 76.0 cm³/mol. The SMILES string of the molecule is COC1(C)CCCN(c2nc(Cl)nc(N(C)C)n2)C1. The number of halogens is 1. The van der Waals surface area contributed by atoms with Crippen LogP contribution in [0.5, 0.6) is 0 Å². The molecule has 0 radical (unpaired) electrons. The third-order valence-electron chi connectivity index (χ3n) is 3.42. The summed E-state index contributed by atoms with van der Waals surface area (Å²) in [5.74, 6) is 1.19. The van der Waals surface area contributed by atoms with E-state index < -0.39 is 0 Å². The minimum atomic E-state index is -0.157. The molecule has 1 aliphatic heterocycles. The summed E-state index contributed by atoms with van der Waals surface area (Å²) in [5.41, 5.74) is -0.157. The number of aromatic nitrogens is 3. The molecule has 1 aromatic rings. The lowest BCUT2D eigenvalue weighted by Crippen LogP contribution is -2.48. The van der Waals surface area contributed by atoms with Crippen LogP contribution in [-0.4, -0.2) is 54.8 Å². The number of ether oxygens (including phenoxy) is 1. The Balaban J connectivity index is 2.26. The van der Waals surface area contributed by atoms with Gasteiger partial charge in [0, 0.05) is 34.3 Å². The summed E-state index contributed by atoms with van der Waals surface area (Å²) in [6.45, 7) is 3.78. The van der Waals surface area contributed by atoms with E-state index in [9.17, 15) is 0 Å². The van der Waals surface area contributed by atoms with Crippen molar-refractivity contribution in [2.24, 2.45) is 0 Å². The molecule has 1 aliphatic rings. The number of nitrogens with zero attached hydrogens (tertiary/aromatic N) is 5. The highest BCUT2D eigenvalue weighted by molar-refractivity contribution is 6.28. The summed E-state index contributed by atoms with van der Waals surface area (Å²) in [4.78, 5) is 16.7. The Labute approximate surface area is 118 Å². The van der Waals surface area contributed by atoms with Gasteiger partial charge in [0.25, 0.3) is 0 Å². The molecule has 1 unspecified atom stereocenters. The van der Waals surface area contributed by atoms with E-state index in [4.69, 9.17) is 16.3 Å². The fraction of sp³-hybridized carbons (Fsp3) is 0.750. The Kier molecular flexibility index (Phi) is 4.10. The van der Waals surface area contributed by atoms with E-state index in [1.807, 2.05) is 19.0 Å². The quantitative estimate of drug-likeness (QED) is 0.841. The topological polar surface area (TPSA) is 54.4 Å². The standard InChI is InChI=1S/C12H20ClN5O/c1-12(19-4)6-5-7-18(8-12)11-15-9(13)14-10(16-11)17(2)3/h5-8H2,1-4H3. The third-order valence-corrected chi connectivity index (χ3v) is 3.59. The first kappa shape index (κ1) is 14.3. The van der Waals surface area contributed by atoms with Gasteiger partial charge in [-0.25, -0.2) is 0 Å². The molecule has 2 heterocycles. The molecule has 1 atom stereocenters. The largest absolute Gasteiger partial charge is 0.377 e. The van der Waals surface area contributed by atoms with Gasteiger partial charge >= 0.3 is 0 Å². The van der Waals surface area contributed by atoms with Crippen molar-refractivity contribution in [3.8, 4) is 0 Å². The zero-order chi connectivity index (χ0) is 14.0. The molecule has 0 bridgehead atoms. The van der Waals surface area contributed by atoms with Crippen molar-refractivity contribution < 1.29 is 4.74 Å². The van der Waals surface area contributed by atoms with Gasteiger partial charge in [0.2, 0.25) is 17.2 Å². The van der Waals surface area contributed by atoms with Crippen molar-refractivity contribution >= 4 is 23.5 Å². The summed E-state index contributed by atoms with van der Waals surface area (Å²) in [7, 11) is 5.50. The second-order valence-electron chi connectivity index (χ2n) is 5.28. The predicted octanol–water partition coefficient (Wildman–Crippen LogP) is 1.60. The number of piperidine rings is 1. The number of hydrogen-bond donors (Lipinski definition) is 0. The van der Waals surface area contributed by atoms with Gasteiger partial charge in [-0.3, -0.25) is 0 Å². The van der Waals surface area contributed by atoms with E-state index in [1.165, 1.54) is 0 Å². The monoisotopic (exact) mass is 285 g/mol. The minimum Gasteiger partial charge on any atom is -0.377 e. The number of methoxy groups -OCH3 is 1. The van der Waals surface area contributed by atoms with Gasteiger partial charge in [-0.2, -0.15) is 15.0 Å². The van der Waals surface area contributed by atoms with Crippen LogP contribution in [-0.2, 0) is 4.74 Å². The summed E-state index contributed by atoms with van der Waals surface area (Å²) in [6, 6.07) is 0. The molecule has 1 saturated heterocycles.